The Morgan fingerprint density at radius 3 is 2.40 bits per heavy atom. The Morgan fingerprint density at radius 2 is 1.68 bits per heavy atom. The lowest BCUT2D eigenvalue weighted by Gasteiger charge is -2.08. The Labute approximate surface area is 141 Å². The SMILES string of the molecule is O=C(NCc1ccncc1)C1CC1C(=O)Nc1ccc(F)c(F)c1F. The van der Waals surface area contributed by atoms with Crippen LogP contribution < -0.4 is 10.6 Å². The van der Waals surface area contributed by atoms with Crippen LogP contribution in [0.4, 0.5) is 18.9 Å². The number of rotatable bonds is 5. The van der Waals surface area contributed by atoms with Gasteiger partial charge < -0.3 is 10.6 Å². The number of nitrogens with zero attached hydrogens (tertiary/aromatic N) is 1. The monoisotopic (exact) mass is 349 g/mol. The Kier molecular flexibility index (Phi) is 4.69. The molecule has 8 heteroatoms. The van der Waals surface area contributed by atoms with Crippen LogP contribution in [-0.2, 0) is 16.1 Å². The normalized spacial score (nSPS) is 18.5. The number of benzene rings is 1. The van der Waals surface area contributed by atoms with Crippen LogP contribution in [0.1, 0.15) is 12.0 Å². The number of carbonyl (C=O) groups is 2. The number of hydrogen-bond donors (Lipinski definition) is 2. The third-order valence-electron chi connectivity index (χ3n) is 3.97. The van der Waals surface area contributed by atoms with Crippen LogP contribution in [-0.4, -0.2) is 16.8 Å². The number of amides is 2. The number of nitrogens with one attached hydrogen (secondary N) is 2. The first-order chi connectivity index (χ1) is 12.0. The molecule has 2 amide bonds. The van der Waals surface area contributed by atoms with Crippen molar-refractivity contribution >= 4 is 17.5 Å². The van der Waals surface area contributed by atoms with Crippen molar-refractivity contribution in [1.82, 2.24) is 10.3 Å². The molecular weight excluding hydrogens is 335 g/mol. The van der Waals surface area contributed by atoms with E-state index >= 15 is 0 Å². The van der Waals surface area contributed by atoms with E-state index in [2.05, 4.69) is 15.6 Å². The van der Waals surface area contributed by atoms with Gasteiger partial charge in [0.15, 0.2) is 17.5 Å². The number of anilines is 1. The van der Waals surface area contributed by atoms with E-state index < -0.39 is 40.9 Å². The summed E-state index contributed by atoms with van der Waals surface area (Å²) in [6.07, 6.45) is 3.52. The maximum absolute atomic E-state index is 13.6. The molecule has 1 aromatic carbocycles. The second kappa shape index (κ2) is 6.92. The maximum atomic E-state index is 13.6. The van der Waals surface area contributed by atoms with Gasteiger partial charge in [-0.1, -0.05) is 0 Å². The summed E-state index contributed by atoms with van der Waals surface area (Å²) >= 11 is 0. The van der Waals surface area contributed by atoms with Gasteiger partial charge in [0, 0.05) is 18.9 Å². The summed E-state index contributed by atoms with van der Waals surface area (Å²) in [6, 6.07) is 5.17. The smallest absolute Gasteiger partial charge is 0.228 e. The van der Waals surface area contributed by atoms with Gasteiger partial charge in [0.05, 0.1) is 17.5 Å². The molecule has 1 aromatic heterocycles. The third-order valence-corrected chi connectivity index (χ3v) is 3.97. The standard InChI is InChI=1S/C17H14F3N3O2/c18-12-1-2-13(15(20)14(12)19)23-17(25)11-7-10(11)16(24)22-8-9-3-5-21-6-4-9/h1-6,10-11H,7-8H2,(H,22,24)(H,23,25). The fourth-order valence-corrected chi connectivity index (χ4v) is 2.44. The highest BCUT2D eigenvalue weighted by Gasteiger charge is 2.48. The van der Waals surface area contributed by atoms with Crippen LogP contribution in [0.15, 0.2) is 36.7 Å². The molecule has 5 nitrogen and oxygen atoms in total. The van der Waals surface area contributed by atoms with Gasteiger partial charge in [-0.3, -0.25) is 14.6 Å². The van der Waals surface area contributed by atoms with Crippen LogP contribution in [0, 0.1) is 29.3 Å². The predicted octanol–water partition coefficient (Wildman–Crippen LogP) is 2.39. The molecule has 1 heterocycles. The van der Waals surface area contributed by atoms with Gasteiger partial charge in [0.25, 0.3) is 0 Å². The topological polar surface area (TPSA) is 71.1 Å². The summed E-state index contributed by atoms with van der Waals surface area (Å²) in [5.41, 5.74) is 0.417. The average molecular weight is 349 g/mol. The van der Waals surface area contributed by atoms with Crippen molar-refractivity contribution in [3.05, 3.63) is 59.7 Å². The van der Waals surface area contributed by atoms with Crippen molar-refractivity contribution in [2.45, 2.75) is 13.0 Å². The van der Waals surface area contributed by atoms with Crippen molar-refractivity contribution in [1.29, 1.82) is 0 Å². The van der Waals surface area contributed by atoms with Crippen molar-refractivity contribution in [3.8, 4) is 0 Å². The lowest BCUT2D eigenvalue weighted by atomic mass is 10.2. The van der Waals surface area contributed by atoms with Crippen LogP contribution in [0.25, 0.3) is 0 Å². The molecule has 0 bridgehead atoms. The number of hydrogen-bond acceptors (Lipinski definition) is 3. The zero-order valence-electron chi connectivity index (χ0n) is 12.9. The highest BCUT2D eigenvalue weighted by molar-refractivity contribution is 5.99. The average Bonchev–Trinajstić information content (AvgIpc) is 3.42. The lowest BCUT2D eigenvalue weighted by molar-refractivity contribution is -0.125. The minimum absolute atomic E-state index is 0.289. The molecular formula is C17H14F3N3O2. The van der Waals surface area contributed by atoms with E-state index in [0.29, 0.717) is 13.0 Å². The van der Waals surface area contributed by atoms with Crippen LogP contribution in [0.3, 0.4) is 0 Å². The fourth-order valence-electron chi connectivity index (χ4n) is 2.44. The molecule has 0 spiro atoms. The van der Waals surface area contributed by atoms with Gasteiger partial charge in [-0.15, -0.1) is 0 Å². The van der Waals surface area contributed by atoms with E-state index in [1.807, 2.05) is 0 Å². The maximum Gasteiger partial charge on any atom is 0.228 e. The predicted molar refractivity (Wildman–Crippen MR) is 82.6 cm³/mol. The molecule has 2 unspecified atom stereocenters. The van der Waals surface area contributed by atoms with Gasteiger partial charge in [-0.25, -0.2) is 13.2 Å². The highest BCUT2D eigenvalue weighted by atomic mass is 19.2. The zero-order valence-corrected chi connectivity index (χ0v) is 12.9. The van der Waals surface area contributed by atoms with E-state index in [9.17, 15) is 22.8 Å². The van der Waals surface area contributed by atoms with Gasteiger partial charge in [-0.05, 0) is 36.2 Å². The van der Waals surface area contributed by atoms with Gasteiger partial charge in [0.1, 0.15) is 0 Å². The molecule has 2 aromatic rings. The third kappa shape index (κ3) is 3.78. The first kappa shape index (κ1) is 16.9. The molecule has 0 aliphatic heterocycles. The number of halogens is 3. The van der Waals surface area contributed by atoms with Gasteiger partial charge in [0.2, 0.25) is 11.8 Å². The van der Waals surface area contributed by atoms with E-state index in [4.69, 9.17) is 0 Å². The summed E-state index contributed by atoms with van der Waals surface area (Å²) in [7, 11) is 0. The van der Waals surface area contributed by atoms with Crippen molar-refractivity contribution in [3.63, 3.8) is 0 Å². The number of aromatic nitrogens is 1. The second-order valence-electron chi connectivity index (χ2n) is 5.73. The molecule has 25 heavy (non-hydrogen) atoms. The lowest BCUT2D eigenvalue weighted by Crippen LogP contribution is -2.27. The Morgan fingerprint density at radius 1 is 1.00 bits per heavy atom. The molecule has 130 valence electrons. The van der Waals surface area contributed by atoms with E-state index in [1.54, 1.807) is 24.5 Å². The summed E-state index contributed by atoms with van der Waals surface area (Å²) in [5, 5.41) is 4.90. The van der Waals surface area contributed by atoms with Crippen LogP contribution >= 0.6 is 0 Å². The zero-order chi connectivity index (χ0) is 18.0. The van der Waals surface area contributed by atoms with Gasteiger partial charge in [-0.2, -0.15) is 0 Å². The summed E-state index contributed by atoms with van der Waals surface area (Å²) < 4.78 is 39.6. The van der Waals surface area contributed by atoms with Crippen LogP contribution in [0.5, 0.6) is 0 Å². The Hall–Kier alpha value is -2.90. The summed E-state index contributed by atoms with van der Waals surface area (Å²) in [4.78, 5) is 27.9. The largest absolute Gasteiger partial charge is 0.352 e. The minimum Gasteiger partial charge on any atom is -0.352 e. The first-order valence-electron chi connectivity index (χ1n) is 7.58. The van der Waals surface area contributed by atoms with Crippen molar-refractivity contribution in [2.75, 3.05) is 5.32 Å². The fraction of sp³-hybridized carbons (Fsp3) is 0.235. The molecule has 1 aliphatic rings. The Bertz CT molecular complexity index is 814. The van der Waals surface area contributed by atoms with E-state index in [0.717, 1.165) is 17.7 Å². The quantitative estimate of drug-likeness (QED) is 0.815. The molecule has 1 aliphatic carbocycles. The van der Waals surface area contributed by atoms with Crippen molar-refractivity contribution in [2.24, 2.45) is 11.8 Å². The molecule has 2 atom stereocenters. The molecule has 1 fully saturated rings. The van der Waals surface area contributed by atoms with Crippen molar-refractivity contribution < 1.29 is 22.8 Å². The van der Waals surface area contributed by atoms with Crippen LogP contribution in [0.2, 0.25) is 0 Å². The molecule has 0 saturated heterocycles. The Balaban J connectivity index is 1.53. The molecule has 0 radical (unpaired) electrons. The summed E-state index contributed by atoms with van der Waals surface area (Å²) in [6.45, 7) is 0.310. The minimum atomic E-state index is -1.65. The second-order valence-corrected chi connectivity index (χ2v) is 5.73. The highest BCUT2D eigenvalue weighted by Crippen LogP contribution is 2.39. The molecule has 1 saturated carbocycles. The van der Waals surface area contributed by atoms with Gasteiger partial charge >= 0.3 is 0 Å². The first-order valence-corrected chi connectivity index (χ1v) is 7.58. The summed E-state index contributed by atoms with van der Waals surface area (Å²) in [5.74, 6) is -6.49. The molecule has 2 N–H and O–H groups in total. The van der Waals surface area contributed by atoms with E-state index in [-0.39, 0.29) is 5.91 Å². The molecule has 3 rings (SSSR count). The number of carbonyl (C=O) groups excluding carboxylic acids is 2. The van der Waals surface area contributed by atoms with E-state index in [1.165, 1.54) is 0 Å². The number of pyridine rings is 1.